The van der Waals surface area contributed by atoms with Crippen molar-refractivity contribution in [3.63, 3.8) is 0 Å². The molecule has 1 aromatic carbocycles. The highest BCUT2D eigenvalue weighted by Crippen LogP contribution is 2.24. The van der Waals surface area contributed by atoms with Crippen molar-refractivity contribution in [2.24, 2.45) is 0 Å². The first kappa shape index (κ1) is 13.4. The van der Waals surface area contributed by atoms with E-state index in [2.05, 4.69) is 16.4 Å². The van der Waals surface area contributed by atoms with E-state index in [1.807, 2.05) is 24.3 Å². The van der Waals surface area contributed by atoms with E-state index < -0.39 is 0 Å². The molecule has 1 saturated carbocycles. The lowest BCUT2D eigenvalue weighted by atomic mass is 10.2. The summed E-state index contributed by atoms with van der Waals surface area (Å²) in [6.07, 6.45) is 5.94. The lowest BCUT2D eigenvalue weighted by molar-refractivity contribution is 0.302. The molecule has 20 heavy (non-hydrogen) atoms. The summed E-state index contributed by atoms with van der Waals surface area (Å²) >= 11 is 6.09. The van der Waals surface area contributed by atoms with Crippen molar-refractivity contribution in [3.8, 4) is 5.75 Å². The van der Waals surface area contributed by atoms with Gasteiger partial charge in [-0.15, -0.1) is 0 Å². The molecule has 0 radical (unpaired) electrons. The third-order valence-corrected chi connectivity index (χ3v) is 3.71. The van der Waals surface area contributed by atoms with Crippen LogP contribution in [0, 0.1) is 0 Å². The van der Waals surface area contributed by atoms with Crippen molar-refractivity contribution in [1.82, 2.24) is 10.3 Å². The van der Waals surface area contributed by atoms with E-state index in [0.717, 1.165) is 17.9 Å². The zero-order chi connectivity index (χ0) is 13.8. The Balaban J connectivity index is 1.65. The second-order valence-corrected chi connectivity index (χ2v) is 5.43. The van der Waals surface area contributed by atoms with Crippen LogP contribution in [0.2, 0.25) is 5.02 Å². The standard InChI is InChI=1S/C16H17ClN2O/c17-15-10-18-8-7-13(15)11-20-16-4-2-1-3-12(16)9-19-14-5-6-14/h1-4,7-8,10,14,19H,5-6,9,11H2. The number of hydrogen-bond acceptors (Lipinski definition) is 3. The van der Waals surface area contributed by atoms with Crippen LogP contribution >= 0.6 is 11.6 Å². The normalized spacial score (nSPS) is 14.2. The molecule has 104 valence electrons. The molecule has 2 aromatic rings. The molecule has 0 amide bonds. The molecule has 1 N–H and O–H groups in total. The highest BCUT2D eigenvalue weighted by Gasteiger charge is 2.20. The summed E-state index contributed by atoms with van der Waals surface area (Å²) in [7, 11) is 0. The quantitative estimate of drug-likeness (QED) is 0.882. The predicted octanol–water partition coefficient (Wildman–Crippen LogP) is 3.57. The summed E-state index contributed by atoms with van der Waals surface area (Å²) in [5.74, 6) is 0.911. The minimum atomic E-state index is 0.460. The van der Waals surface area contributed by atoms with E-state index in [-0.39, 0.29) is 0 Å². The number of nitrogens with one attached hydrogen (secondary N) is 1. The molecule has 1 heterocycles. The van der Waals surface area contributed by atoms with Gasteiger partial charge in [-0.1, -0.05) is 29.8 Å². The van der Waals surface area contributed by atoms with Crippen LogP contribution in [0.25, 0.3) is 0 Å². The molecule has 1 aromatic heterocycles. The smallest absolute Gasteiger partial charge is 0.124 e. The fraction of sp³-hybridized carbons (Fsp3) is 0.312. The lowest BCUT2D eigenvalue weighted by Gasteiger charge is -2.12. The summed E-state index contributed by atoms with van der Waals surface area (Å²) < 4.78 is 5.90. The van der Waals surface area contributed by atoms with Gasteiger partial charge in [-0.25, -0.2) is 0 Å². The molecule has 0 bridgehead atoms. The number of ether oxygens (including phenoxy) is 1. The second-order valence-electron chi connectivity index (χ2n) is 5.02. The summed E-state index contributed by atoms with van der Waals surface area (Å²) in [6, 6.07) is 10.7. The summed E-state index contributed by atoms with van der Waals surface area (Å²) in [6.45, 7) is 1.31. The fourth-order valence-electron chi connectivity index (χ4n) is 2.01. The zero-order valence-corrected chi connectivity index (χ0v) is 11.9. The number of nitrogens with zero attached hydrogens (tertiary/aromatic N) is 1. The van der Waals surface area contributed by atoms with Crippen LogP contribution in [0.15, 0.2) is 42.7 Å². The number of pyridine rings is 1. The van der Waals surface area contributed by atoms with Crippen LogP contribution in [0.3, 0.4) is 0 Å². The Kier molecular flexibility index (Phi) is 4.19. The van der Waals surface area contributed by atoms with Gasteiger partial charge >= 0.3 is 0 Å². The molecule has 1 aliphatic rings. The molecular weight excluding hydrogens is 272 g/mol. The number of aromatic nitrogens is 1. The Morgan fingerprint density at radius 3 is 2.85 bits per heavy atom. The van der Waals surface area contributed by atoms with Gasteiger partial charge < -0.3 is 10.1 Å². The number of benzene rings is 1. The molecular formula is C16H17ClN2O. The van der Waals surface area contributed by atoms with E-state index >= 15 is 0 Å². The Hall–Kier alpha value is -1.58. The van der Waals surface area contributed by atoms with Gasteiger partial charge in [0.25, 0.3) is 0 Å². The predicted molar refractivity (Wildman–Crippen MR) is 79.9 cm³/mol. The van der Waals surface area contributed by atoms with Crippen molar-refractivity contribution in [1.29, 1.82) is 0 Å². The van der Waals surface area contributed by atoms with Gasteiger partial charge in [0.2, 0.25) is 0 Å². The summed E-state index contributed by atoms with van der Waals surface area (Å²) in [4.78, 5) is 3.98. The highest BCUT2D eigenvalue weighted by molar-refractivity contribution is 6.31. The summed E-state index contributed by atoms with van der Waals surface area (Å²) in [5.41, 5.74) is 2.14. The maximum atomic E-state index is 6.09. The SMILES string of the molecule is Clc1cnccc1COc1ccccc1CNC1CC1. The molecule has 1 aliphatic carbocycles. The van der Waals surface area contributed by atoms with Crippen LogP contribution in [-0.2, 0) is 13.2 Å². The van der Waals surface area contributed by atoms with Crippen molar-refractivity contribution < 1.29 is 4.74 Å². The van der Waals surface area contributed by atoms with Crippen LogP contribution in [-0.4, -0.2) is 11.0 Å². The molecule has 4 heteroatoms. The maximum absolute atomic E-state index is 6.09. The van der Waals surface area contributed by atoms with Gasteiger partial charge in [0.1, 0.15) is 12.4 Å². The van der Waals surface area contributed by atoms with E-state index in [0.29, 0.717) is 17.7 Å². The third-order valence-electron chi connectivity index (χ3n) is 3.37. The van der Waals surface area contributed by atoms with Crippen LogP contribution < -0.4 is 10.1 Å². The molecule has 0 unspecified atom stereocenters. The zero-order valence-electron chi connectivity index (χ0n) is 11.2. The van der Waals surface area contributed by atoms with Crippen molar-refractivity contribution in [2.45, 2.75) is 32.0 Å². The average molecular weight is 289 g/mol. The Labute approximate surface area is 123 Å². The maximum Gasteiger partial charge on any atom is 0.124 e. The molecule has 0 spiro atoms. The summed E-state index contributed by atoms with van der Waals surface area (Å²) in [5, 5.41) is 4.15. The van der Waals surface area contributed by atoms with Crippen molar-refractivity contribution >= 4 is 11.6 Å². The Morgan fingerprint density at radius 2 is 2.05 bits per heavy atom. The van der Waals surface area contributed by atoms with Gasteiger partial charge in [-0.2, -0.15) is 0 Å². The number of halogens is 1. The molecule has 0 saturated heterocycles. The fourth-order valence-corrected chi connectivity index (χ4v) is 2.18. The molecule has 0 aliphatic heterocycles. The van der Waals surface area contributed by atoms with Gasteiger partial charge in [0.05, 0.1) is 5.02 Å². The largest absolute Gasteiger partial charge is 0.489 e. The molecule has 3 nitrogen and oxygen atoms in total. The Bertz CT molecular complexity index is 584. The number of rotatable bonds is 6. The van der Waals surface area contributed by atoms with Crippen molar-refractivity contribution in [3.05, 3.63) is 58.9 Å². The molecule has 3 rings (SSSR count). The van der Waals surface area contributed by atoms with Gasteiger partial charge in [-0.3, -0.25) is 4.98 Å². The van der Waals surface area contributed by atoms with Gasteiger partial charge in [0, 0.05) is 36.1 Å². The van der Waals surface area contributed by atoms with Crippen LogP contribution in [0.5, 0.6) is 5.75 Å². The van der Waals surface area contributed by atoms with E-state index in [4.69, 9.17) is 16.3 Å². The van der Waals surface area contributed by atoms with Crippen LogP contribution in [0.4, 0.5) is 0 Å². The van der Waals surface area contributed by atoms with Crippen molar-refractivity contribution in [2.75, 3.05) is 0 Å². The topological polar surface area (TPSA) is 34.1 Å². The lowest BCUT2D eigenvalue weighted by Crippen LogP contribution is -2.16. The number of para-hydroxylation sites is 1. The monoisotopic (exact) mass is 288 g/mol. The first-order chi connectivity index (χ1) is 9.83. The minimum absolute atomic E-state index is 0.460. The van der Waals surface area contributed by atoms with Crippen LogP contribution in [0.1, 0.15) is 24.0 Å². The van der Waals surface area contributed by atoms with E-state index in [9.17, 15) is 0 Å². The Morgan fingerprint density at radius 1 is 1.20 bits per heavy atom. The van der Waals surface area contributed by atoms with Gasteiger partial charge in [0.15, 0.2) is 0 Å². The van der Waals surface area contributed by atoms with E-state index in [1.54, 1.807) is 12.4 Å². The highest BCUT2D eigenvalue weighted by atomic mass is 35.5. The first-order valence-electron chi connectivity index (χ1n) is 6.85. The number of hydrogen-bond donors (Lipinski definition) is 1. The minimum Gasteiger partial charge on any atom is -0.489 e. The molecule has 0 atom stereocenters. The van der Waals surface area contributed by atoms with Gasteiger partial charge in [-0.05, 0) is 25.0 Å². The average Bonchev–Trinajstić information content (AvgIpc) is 3.29. The molecule has 1 fully saturated rings. The second kappa shape index (κ2) is 6.25. The van der Waals surface area contributed by atoms with E-state index in [1.165, 1.54) is 18.4 Å². The first-order valence-corrected chi connectivity index (χ1v) is 7.23. The third kappa shape index (κ3) is 3.50.